The zero-order chi connectivity index (χ0) is 20.4. The lowest BCUT2D eigenvalue weighted by atomic mass is 10.0. The van der Waals surface area contributed by atoms with Crippen molar-refractivity contribution in [3.05, 3.63) is 75.6 Å². The summed E-state index contributed by atoms with van der Waals surface area (Å²) in [5.74, 6) is 0. The van der Waals surface area contributed by atoms with Crippen LogP contribution in [0.3, 0.4) is 0 Å². The Morgan fingerprint density at radius 1 is 1.10 bits per heavy atom. The Morgan fingerprint density at radius 2 is 1.83 bits per heavy atom. The molecule has 0 saturated heterocycles. The third-order valence-electron chi connectivity index (χ3n) is 6.02. The van der Waals surface area contributed by atoms with Crippen LogP contribution in [0.1, 0.15) is 42.4 Å². The molecule has 0 radical (unpaired) electrons. The zero-order valence-corrected chi connectivity index (χ0v) is 17.0. The van der Waals surface area contributed by atoms with Gasteiger partial charge in [-0.3, -0.25) is 4.79 Å². The molecule has 0 atom stereocenters. The van der Waals surface area contributed by atoms with Crippen molar-refractivity contribution in [1.29, 1.82) is 0 Å². The molecule has 1 aromatic heterocycles. The van der Waals surface area contributed by atoms with Gasteiger partial charge in [-0.15, -0.1) is 0 Å². The fraction of sp³-hybridized carbons (Fsp3) is 0.333. The molecular formula is C24H27N3O2. The van der Waals surface area contributed by atoms with E-state index in [9.17, 15) is 9.59 Å². The number of amides is 2. The van der Waals surface area contributed by atoms with Crippen molar-refractivity contribution >= 4 is 22.6 Å². The third-order valence-corrected chi connectivity index (χ3v) is 6.02. The van der Waals surface area contributed by atoms with Crippen LogP contribution in [-0.4, -0.2) is 22.0 Å². The largest absolute Gasteiger partial charge is 0.322 e. The van der Waals surface area contributed by atoms with E-state index < -0.39 is 0 Å². The van der Waals surface area contributed by atoms with Gasteiger partial charge in [0.2, 0.25) is 0 Å². The molecule has 1 aliphatic rings. The van der Waals surface area contributed by atoms with Crippen molar-refractivity contribution in [2.75, 3.05) is 5.32 Å². The van der Waals surface area contributed by atoms with Crippen molar-refractivity contribution in [2.45, 2.75) is 52.1 Å². The van der Waals surface area contributed by atoms with E-state index >= 15 is 0 Å². The van der Waals surface area contributed by atoms with E-state index in [1.54, 1.807) is 0 Å². The summed E-state index contributed by atoms with van der Waals surface area (Å²) >= 11 is 0. The van der Waals surface area contributed by atoms with Crippen LogP contribution < -0.4 is 10.9 Å². The van der Waals surface area contributed by atoms with Gasteiger partial charge >= 0.3 is 6.03 Å². The number of benzene rings is 2. The number of pyridine rings is 1. The Bertz CT molecular complexity index is 1080. The first kappa shape index (κ1) is 19.2. The number of anilines is 1. The van der Waals surface area contributed by atoms with Gasteiger partial charge in [0.15, 0.2) is 0 Å². The maximum Gasteiger partial charge on any atom is 0.322 e. The minimum atomic E-state index is -0.150. The van der Waals surface area contributed by atoms with Gasteiger partial charge in [0, 0.05) is 17.3 Å². The Balaban J connectivity index is 1.65. The second-order valence-electron chi connectivity index (χ2n) is 7.96. The van der Waals surface area contributed by atoms with Gasteiger partial charge in [-0.25, -0.2) is 4.79 Å². The summed E-state index contributed by atoms with van der Waals surface area (Å²) in [6, 6.07) is 15.5. The summed E-state index contributed by atoms with van der Waals surface area (Å²) < 4.78 is 0. The van der Waals surface area contributed by atoms with Crippen molar-refractivity contribution < 1.29 is 4.79 Å². The fourth-order valence-corrected chi connectivity index (χ4v) is 4.17. The molecule has 0 aliphatic heterocycles. The lowest BCUT2D eigenvalue weighted by Crippen LogP contribution is -2.42. The minimum Gasteiger partial charge on any atom is -0.321 e. The van der Waals surface area contributed by atoms with Crippen LogP contribution in [0.25, 0.3) is 10.9 Å². The first-order valence-electron chi connectivity index (χ1n) is 10.3. The fourth-order valence-electron chi connectivity index (χ4n) is 4.17. The molecule has 1 heterocycles. The zero-order valence-electron chi connectivity index (χ0n) is 17.0. The van der Waals surface area contributed by atoms with Gasteiger partial charge < -0.3 is 15.2 Å². The number of hydrogen-bond acceptors (Lipinski definition) is 2. The van der Waals surface area contributed by atoms with Gasteiger partial charge in [-0.1, -0.05) is 43.2 Å². The predicted octanol–water partition coefficient (Wildman–Crippen LogP) is 5.12. The summed E-state index contributed by atoms with van der Waals surface area (Å²) in [5, 5.41) is 3.98. The van der Waals surface area contributed by atoms with Crippen molar-refractivity contribution in [1.82, 2.24) is 9.88 Å². The number of nitrogens with one attached hydrogen (secondary N) is 2. The highest BCUT2D eigenvalue weighted by Crippen LogP contribution is 2.26. The second-order valence-corrected chi connectivity index (χ2v) is 7.96. The summed E-state index contributed by atoms with van der Waals surface area (Å²) in [6.07, 6.45) is 4.19. The van der Waals surface area contributed by atoms with Crippen LogP contribution in [-0.2, 0) is 6.54 Å². The molecule has 1 fully saturated rings. The monoisotopic (exact) mass is 389 g/mol. The summed E-state index contributed by atoms with van der Waals surface area (Å²) in [7, 11) is 0. The lowest BCUT2D eigenvalue weighted by molar-refractivity contribution is 0.184. The number of aromatic amines is 1. The summed E-state index contributed by atoms with van der Waals surface area (Å²) in [4.78, 5) is 30.8. The highest BCUT2D eigenvalue weighted by Gasteiger charge is 2.27. The average molecular weight is 389 g/mol. The number of fused-ring (bicyclic) bond motifs is 1. The van der Waals surface area contributed by atoms with E-state index in [0.717, 1.165) is 53.4 Å². The number of aryl methyl sites for hydroxylation is 2. The molecule has 0 spiro atoms. The molecule has 2 aromatic carbocycles. The standard InChI is InChI=1S/C24H27N3O2/c1-16-12-13-18-14-19(23(28)26-22(18)17(16)2)15-27(21-10-6-7-11-21)24(29)25-20-8-4-3-5-9-20/h3-5,8-9,12-14,21H,6-7,10-11,15H2,1-2H3,(H,25,29)(H,26,28). The van der Waals surface area contributed by atoms with E-state index in [1.165, 1.54) is 0 Å². The van der Waals surface area contributed by atoms with E-state index in [4.69, 9.17) is 0 Å². The number of carbonyl (C=O) groups is 1. The molecule has 1 saturated carbocycles. The molecule has 0 unspecified atom stereocenters. The number of para-hydroxylation sites is 1. The minimum absolute atomic E-state index is 0.123. The SMILES string of the molecule is Cc1ccc2cc(CN(C(=O)Nc3ccccc3)C3CCCC3)c(=O)[nH]c2c1C. The van der Waals surface area contributed by atoms with Gasteiger partial charge in [-0.05, 0) is 61.4 Å². The number of carbonyl (C=O) groups excluding carboxylic acids is 1. The lowest BCUT2D eigenvalue weighted by Gasteiger charge is -2.29. The molecule has 2 N–H and O–H groups in total. The molecular weight excluding hydrogens is 362 g/mol. The second kappa shape index (κ2) is 8.11. The maximum absolute atomic E-state index is 13.1. The molecule has 150 valence electrons. The van der Waals surface area contributed by atoms with Gasteiger partial charge in [-0.2, -0.15) is 0 Å². The Kier molecular flexibility index (Phi) is 5.38. The molecule has 2 amide bonds. The quantitative estimate of drug-likeness (QED) is 0.650. The normalized spacial score (nSPS) is 14.3. The Morgan fingerprint density at radius 3 is 2.55 bits per heavy atom. The Labute approximate surface area is 170 Å². The molecule has 0 bridgehead atoms. The van der Waals surface area contributed by atoms with Crippen LogP contribution in [0, 0.1) is 13.8 Å². The van der Waals surface area contributed by atoms with Crippen LogP contribution >= 0.6 is 0 Å². The number of urea groups is 1. The van der Waals surface area contributed by atoms with E-state index in [2.05, 4.69) is 16.4 Å². The van der Waals surface area contributed by atoms with Crippen molar-refractivity contribution in [2.24, 2.45) is 0 Å². The molecule has 1 aliphatic carbocycles. The number of nitrogens with zero attached hydrogens (tertiary/aromatic N) is 1. The molecule has 4 rings (SSSR count). The summed E-state index contributed by atoms with van der Waals surface area (Å²) in [5.41, 5.74) is 4.37. The first-order chi connectivity index (χ1) is 14.0. The third kappa shape index (κ3) is 4.04. The molecule has 29 heavy (non-hydrogen) atoms. The van der Waals surface area contributed by atoms with Crippen LogP contribution in [0.5, 0.6) is 0 Å². The van der Waals surface area contributed by atoms with Gasteiger partial charge in [0.05, 0.1) is 12.1 Å². The van der Waals surface area contributed by atoms with Crippen molar-refractivity contribution in [3.8, 4) is 0 Å². The first-order valence-corrected chi connectivity index (χ1v) is 10.3. The smallest absolute Gasteiger partial charge is 0.321 e. The van der Waals surface area contributed by atoms with Crippen LogP contribution in [0.2, 0.25) is 0 Å². The molecule has 3 aromatic rings. The number of hydrogen-bond donors (Lipinski definition) is 2. The van der Waals surface area contributed by atoms with E-state index in [0.29, 0.717) is 12.1 Å². The van der Waals surface area contributed by atoms with E-state index in [-0.39, 0.29) is 17.6 Å². The highest BCUT2D eigenvalue weighted by molar-refractivity contribution is 5.89. The number of rotatable bonds is 4. The van der Waals surface area contributed by atoms with Gasteiger partial charge in [0.25, 0.3) is 5.56 Å². The van der Waals surface area contributed by atoms with Gasteiger partial charge in [0.1, 0.15) is 0 Å². The van der Waals surface area contributed by atoms with E-state index in [1.807, 2.05) is 61.2 Å². The topological polar surface area (TPSA) is 65.2 Å². The van der Waals surface area contributed by atoms with Crippen LogP contribution in [0.15, 0.2) is 53.3 Å². The Hall–Kier alpha value is -3.08. The summed E-state index contributed by atoms with van der Waals surface area (Å²) in [6.45, 7) is 4.36. The number of aromatic nitrogens is 1. The van der Waals surface area contributed by atoms with Crippen LogP contribution in [0.4, 0.5) is 10.5 Å². The predicted molar refractivity (Wildman–Crippen MR) is 117 cm³/mol. The average Bonchev–Trinajstić information content (AvgIpc) is 3.25. The molecule has 5 heteroatoms. The highest BCUT2D eigenvalue weighted by atomic mass is 16.2. The van der Waals surface area contributed by atoms with Crippen molar-refractivity contribution in [3.63, 3.8) is 0 Å². The number of H-pyrrole nitrogens is 1. The molecule has 5 nitrogen and oxygen atoms in total. The maximum atomic E-state index is 13.1.